The lowest BCUT2D eigenvalue weighted by Gasteiger charge is -2.00. The summed E-state index contributed by atoms with van der Waals surface area (Å²) in [6.07, 6.45) is 0.741. The van der Waals surface area contributed by atoms with Gasteiger partial charge in [0.25, 0.3) is 0 Å². The van der Waals surface area contributed by atoms with Gasteiger partial charge < -0.3 is 0 Å². The van der Waals surface area contributed by atoms with Gasteiger partial charge in [0.1, 0.15) is 16.0 Å². The predicted octanol–water partition coefficient (Wildman–Crippen LogP) is 4.55. The number of nitrogens with zero attached hydrogens (tertiary/aromatic N) is 2. The van der Waals surface area contributed by atoms with Crippen LogP contribution in [0.25, 0.3) is 10.6 Å². The van der Waals surface area contributed by atoms with Gasteiger partial charge in [-0.05, 0) is 24.6 Å². The van der Waals surface area contributed by atoms with E-state index in [1.807, 2.05) is 13.0 Å². The Morgan fingerprint density at radius 2 is 2.18 bits per heavy atom. The first-order valence-corrected chi connectivity index (χ1v) is 6.58. The molecule has 2 nitrogen and oxygen atoms in total. The summed E-state index contributed by atoms with van der Waals surface area (Å²) in [6, 6.07) is 7.42. The highest BCUT2D eigenvalue weighted by Crippen LogP contribution is 2.34. The van der Waals surface area contributed by atoms with Crippen molar-refractivity contribution in [1.82, 2.24) is 4.98 Å². The van der Waals surface area contributed by atoms with Gasteiger partial charge in [-0.2, -0.15) is 5.26 Å². The molecule has 2 rings (SSSR count). The predicted molar refractivity (Wildman–Crippen MR) is 71.7 cm³/mol. The molecule has 1 aromatic heterocycles. The number of thiazole rings is 1. The van der Waals surface area contributed by atoms with E-state index in [1.54, 1.807) is 12.1 Å². The van der Waals surface area contributed by atoms with Crippen LogP contribution < -0.4 is 0 Å². The molecule has 0 radical (unpaired) electrons. The van der Waals surface area contributed by atoms with Gasteiger partial charge in [0.15, 0.2) is 0 Å². The molecule has 0 aliphatic rings. The lowest BCUT2D eigenvalue weighted by molar-refractivity contribution is 1.06. The Kier molecular flexibility index (Phi) is 3.68. The zero-order valence-corrected chi connectivity index (χ0v) is 11.3. The number of benzene rings is 1. The number of hydrogen-bond acceptors (Lipinski definition) is 3. The van der Waals surface area contributed by atoms with Crippen LogP contribution in [0.3, 0.4) is 0 Å². The molecule has 0 saturated heterocycles. The van der Waals surface area contributed by atoms with Gasteiger partial charge in [-0.1, -0.05) is 30.1 Å². The number of rotatable bonds is 2. The van der Waals surface area contributed by atoms with Crippen molar-refractivity contribution < 1.29 is 0 Å². The lowest BCUT2D eigenvalue weighted by atomic mass is 10.2. The summed E-state index contributed by atoms with van der Waals surface area (Å²) in [4.78, 5) is 5.08. The summed E-state index contributed by atoms with van der Waals surface area (Å²) in [7, 11) is 0. The van der Waals surface area contributed by atoms with Crippen molar-refractivity contribution in [2.45, 2.75) is 13.3 Å². The Labute approximate surface area is 113 Å². The van der Waals surface area contributed by atoms with Crippen LogP contribution in [0.15, 0.2) is 18.2 Å². The molecule has 0 aliphatic carbocycles. The smallest absolute Gasteiger partial charge is 0.128 e. The molecule has 5 heteroatoms. The molecular weight excluding hydrogens is 275 g/mol. The minimum absolute atomic E-state index is 0.554. The minimum Gasteiger partial charge on any atom is -0.240 e. The summed E-state index contributed by atoms with van der Waals surface area (Å²) < 4.78 is 0. The SMILES string of the molecule is CCc1nc(-c2ccc(Cl)cc2Cl)sc1C#N. The second-order valence-corrected chi connectivity index (χ2v) is 5.23. The van der Waals surface area contributed by atoms with E-state index in [4.69, 9.17) is 28.5 Å². The molecule has 2 aromatic rings. The molecule has 0 amide bonds. The Hall–Kier alpha value is -1.08. The number of halogens is 2. The van der Waals surface area contributed by atoms with Gasteiger partial charge in [-0.3, -0.25) is 0 Å². The average Bonchev–Trinajstić information content (AvgIpc) is 2.72. The van der Waals surface area contributed by atoms with Gasteiger partial charge in [-0.15, -0.1) is 11.3 Å². The maximum absolute atomic E-state index is 8.99. The molecule has 17 heavy (non-hydrogen) atoms. The Morgan fingerprint density at radius 1 is 1.41 bits per heavy atom. The first-order chi connectivity index (χ1) is 8.15. The van der Waals surface area contributed by atoms with Gasteiger partial charge in [-0.25, -0.2) is 4.98 Å². The van der Waals surface area contributed by atoms with Crippen LogP contribution in [-0.4, -0.2) is 4.98 Å². The first kappa shape index (κ1) is 12.4. The summed E-state index contributed by atoms with van der Waals surface area (Å²) in [5.74, 6) is 0. The summed E-state index contributed by atoms with van der Waals surface area (Å²) in [6.45, 7) is 1.98. The fraction of sp³-hybridized carbons (Fsp3) is 0.167. The van der Waals surface area contributed by atoms with Crippen LogP contribution in [0.2, 0.25) is 10.0 Å². The Bertz CT molecular complexity index is 599. The van der Waals surface area contributed by atoms with Crippen LogP contribution in [0.1, 0.15) is 17.5 Å². The van der Waals surface area contributed by atoms with E-state index in [2.05, 4.69) is 11.1 Å². The first-order valence-electron chi connectivity index (χ1n) is 5.01. The van der Waals surface area contributed by atoms with E-state index < -0.39 is 0 Å². The van der Waals surface area contributed by atoms with Crippen molar-refractivity contribution >= 4 is 34.5 Å². The quantitative estimate of drug-likeness (QED) is 0.810. The molecule has 0 spiro atoms. The highest BCUT2D eigenvalue weighted by atomic mass is 35.5. The van der Waals surface area contributed by atoms with Gasteiger partial charge >= 0.3 is 0 Å². The van der Waals surface area contributed by atoms with E-state index >= 15 is 0 Å². The van der Waals surface area contributed by atoms with Gasteiger partial charge in [0, 0.05) is 10.6 Å². The summed E-state index contributed by atoms with van der Waals surface area (Å²) in [5, 5.41) is 10.9. The number of hydrogen-bond donors (Lipinski definition) is 0. The van der Waals surface area contributed by atoms with Crippen LogP contribution >= 0.6 is 34.5 Å². The zero-order chi connectivity index (χ0) is 12.4. The number of aryl methyl sites for hydroxylation is 1. The maximum Gasteiger partial charge on any atom is 0.128 e. The van der Waals surface area contributed by atoms with Crippen LogP contribution in [0.4, 0.5) is 0 Å². The fourth-order valence-electron chi connectivity index (χ4n) is 1.46. The molecule has 0 aliphatic heterocycles. The minimum atomic E-state index is 0.554. The topological polar surface area (TPSA) is 36.7 Å². The molecule has 86 valence electrons. The third-order valence-corrected chi connectivity index (χ3v) is 3.88. The summed E-state index contributed by atoms with van der Waals surface area (Å²) in [5.41, 5.74) is 1.63. The maximum atomic E-state index is 8.99. The highest BCUT2D eigenvalue weighted by Gasteiger charge is 2.13. The fourth-order valence-corrected chi connectivity index (χ4v) is 3.00. The van der Waals surface area contributed by atoms with Gasteiger partial charge in [0.2, 0.25) is 0 Å². The third kappa shape index (κ3) is 2.44. The van der Waals surface area contributed by atoms with E-state index in [-0.39, 0.29) is 0 Å². The molecule has 0 saturated carbocycles. The Morgan fingerprint density at radius 3 is 2.71 bits per heavy atom. The second-order valence-electron chi connectivity index (χ2n) is 3.38. The Balaban J connectivity index is 2.54. The van der Waals surface area contributed by atoms with E-state index in [9.17, 15) is 0 Å². The van der Waals surface area contributed by atoms with Crippen molar-refractivity contribution in [2.75, 3.05) is 0 Å². The lowest BCUT2D eigenvalue weighted by Crippen LogP contribution is -1.84. The standard InChI is InChI=1S/C12H8Cl2N2S/c1-2-10-11(6-15)17-12(16-10)8-4-3-7(13)5-9(8)14/h3-5H,2H2,1H3. The molecule has 1 heterocycles. The molecule has 0 fully saturated rings. The van der Waals surface area contributed by atoms with Crippen molar-refractivity contribution in [2.24, 2.45) is 0 Å². The van der Waals surface area contributed by atoms with Crippen molar-refractivity contribution in [3.63, 3.8) is 0 Å². The van der Waals surface area contributed by atoms with Crippen LogP contribution in [0, 0.1) is 11.3 Å². The molecule has 0 unspecified atom stereocenters. The van der Waals surface area contributed by atoms with E-state index in [0.717, 1.165) is 22.7 Å². The van der Waals surface area contributed by atoms with Crippen LogP contribution in [-0.2, 0) is 6.42 Å². The number of aromatic nitrogens is 1. The normalized spacial score (nSPS) is 10.2. The molecule has 0 N–H and O–H groups in total. The molecular formula is C12H8Cl2N2S. The van der Waals surface area contributed by atoms with Crippen molar-refractivity contribution in [3.05, 3.63) is 38.8 Å². The van der Waals surface area contributed by atoms with Crippen molar-refractivity contribution in [1.29, 1.82) is 5.26 Å². The van der Waals surface area contributed by atoms with E-state index in [0.29, 0.717) is 14.9 Å². The molecule has 0 atom stereocenters. The second kappa shape index (κ2) is 5.05. The average molecular weight is 283 g/mol. The third-order valence-electron chi connectivity index (χ3n) is 2.30. The molecule has 0 bridgehead atoms. The van der Waals surface area contributed by atoms with Crippen molar-refractivity contribution in [3.8, 4) is 16.6 Å². The monoisotopic (exact) mass is 282 g/mol. The molecule has 1 aromatic carbocycles. The largest absolute Gasteiger partial charge is 0.240 e. The summed E-state index contributed by atoms with van der Waals surface area (Å²) >= 11 is 13.3. The highest BCUT2D eigenvalue weighted by molar-refractivity contribution is 7.15. The van der Waals surface area contributed by atoms with Gasteiger partial charge in [0.05, 0.1) is 10.7 Å². The number of nitriles is 1. The zero-order valence-electron chi connectivity index (χ0n) is 9.00. The van der Waals surface area contributed by atoms with Crippen LogP contribution in [0.5, 0.6) is 0 Å². The van der Waals surface area contributed by atoms with E-state index in [1.165, 1.54) is 11.3 Å².